The molecule has 1 heterocycles. The van der Waals surface area contributed by atoms with Crippen LogP contribution >= 0.6 is 0 Å². The van der Waals surface area contributed by atoms with E-state index in [-0.39, 0.29) is 30.3 Å². The highest BCUT2D eigenvalue weighted by molar-refractivity contribution is 5.91. The summed E-state index contributed by atoms with van der Waals surface area (Å²) in [6.07, 6.45) is -2.82. The van der Waals surface area contributed by atoms with E-state index >= 15 is 0 Å². The summed E-state index contributed by atoms with van der Waals surface area (Å²) >= 11 is 0. The maximum absolute atomic E-state index is 14.2. The van der Waals surface area contributed by atoms with E-state index in [1.54, 1.807) is 32.9 Å². The van der Waals surface area contributed by atoms with Crippen LogP contribution in [0.2, 0.25) is 0 Å². The van der Waals surface area contributed by atoms with Crippen LogP contribution in [0.3, 0.4) is 0 Å². The quantitative estimate of drug-likeness (QED) is 0.238. The van der Waals surface area contributed by atoms with Crippen molar-refractivity contribution in [3.05, 3.63) is 113 Å². The SMILES string of the molecule is CC(C)(C)OC(=O)c1nc(Cc2ccc(-c3ccccc3)cc2)nc(C(F)F)c1OCc1ccccc1. The van der Waals surface area contributed by atoms with E-state index < -0.39 is 23.7 Å². The number of hydrogen-bond acceptors (Lipinski definition) is 5. The van der Waals surface area contributed by atoms with Crippen molar-refractivity contribution in [2.45, 2.75) is 45.8 Å². The highest BCUT2D eigenvalue weighted by atomic mass is 19.3. The number of carbonyl (C=O) groups is 1. The maximum Gasteiger partial charge on any atom is 0.361 e. The van der Waals surface area contributed by atoms with Gasteiger partial charge in [-0.1, -0.05) is 84.9 Å². The number of halogens is 2. The van der Waals surface area contributed by atoms with Gasteiger partial charge >= 0.3 is 5.97 Å². The van der Waals surface area contributed by atoms with Crippen LogP contribution in [0.5, 0.6) is 5.75 Å². The summed E-state index contributed by atoms with van der Waals surface area (Å²) in [5.74, 6) is -1.13. The first kappa shape index (κ1) is 25.9. The van der Waals surface area contributed by atoms with Crippen LogP contribution in [0.4, 0.5) is 8.78 Å². The van der Waals surface area contributed by atoms with Crippen molar-refractivity contribution >= 4 is 5.97 Å². The van der Waals surface area contributed by atoms with Gasteiger partial charge in [0, 0.05) is 6.42 Å². The minimum atomic E-state index is -2.98. The summed E-state index contributed by atoms with van der Waals surface area (Å²) in [4.78, 5) is 21.5. The monoisotopic (exact) mass is 502 g/mol. The topological polar surface area (TPSA) is 61.3 Å². The van der Waals surface area contributed by atoms with Crippen molar-refractivity contribution in [3.8, 4) is 16.9 Å². The van der Waals surface area contributed by atoms with Gasteiger partial charge < -0.3 is 9.47 Å². The molecule has 5 nitrogen and oxygen atoms in total. The zero-order valence-corrected chi connectivity index (χ0v) is 20.9. The first-order chi connectivity index (χ1) is 17.7. The first-order valence-corrected chi connectivity index (χ1v) is 11.9. The number of rotatable bonds is 8. The third-order valence-corrected chi connectivity index (χ3v) is 5.39. The number of carbonyl (C=O) groups excluding carboxylic acids is 1. The second kappa shape index (κ2) is 11.3. The molecule has 0 fully saturated rings. The van der Waals surface area contributed by atoms with E-state index in [2.05, 4.69) is 9.97 Å². The molecule has 0 saturated heterocycles. The molecule has 0 unspecified atom stereocenters. The van der Waals surface area contributed by atoms with Gasteiger partial charge in [-0.3, -0.25) is 0 Å². The molecule has 4 rings (SSSR count). The highest BCUT2D eigenvalue weighted by Crippen LogP contribution is 2.32. The van der Waals surface area contributed by atoms with Crippen molar-refractivity contribution in [1.82, 2.24) is 9.97 Å². The lowest BCUT2D eigenvalue weighted by molar-refractivity contribution is 0.00565. The number of nitrogens with zero attached hydrogens (tertiary/aromatic N) is 2. The first-order valence-electron chi connectivity index (χ1n) is 11.9. The molecule has 0 radical (unpaired) electrons. The third-order valence-electron chi connectivity index (χ3n) is 5.39. The molecule has 0 spiro atoms. The van der Waals surface area contributed by atoms with E-state index in [1.807, 2.05) is 72.8 Å². The smallest absolute Gasteiger partial charge is 0.361 e. The Morgan fingerprint density at radius 1 is 0.811 bits per heavy atom. The Balaban J connectivity index is 1.68. The van der Waals surface area contributed by atoms with E-state index in [9.17, 15) is 13.6 Å². The van der Waals surface area contributed by atoms with Gasteiger partial charge in [-0.05, 0) is 43.0 Å². The van der Waals surface area contributed by atoms with Gasteiger partial charge in [0.15, 0.2) is 17.1 Å². The minimum absolute atomic E-state index is 0.0278. The zero-order valence-electron chi connectivity index (χ0n) is 20.9. The Morgan fingerprint density at radius 2 is 1.41 bits per heavy atom. The Bertz CT molecular complexity index is 1340. The number of esters is 1. The standard InChI is InChI=1S/C30H28F2N2O3/c1-30(2,3)37-29(35)26-27(36-19-21-10-6-4-7-11-21)25(28(31)32)33-24(34-26)18-20-14-16-23(17-15-20)22-12-8-5-9-13-22/h4-17,28H,18-19H2,1-3H3. The molecule has 190 valence electrons. The second-order valence-corrected chi connectivity index (χ2v) is 9.52. The zero-order chi connectivity index (χ0) is 26.4. The lowest BCUT2D eigenvalue weighted by atomic mass is 10.0. The Labute approximate surface area is 215 Å². The molecule has 0 saturated carbocycles. The molecule has 0 N–H and O–H groups in total. The lowest BCUT2D eigenvalue weighted by Crippen LogP contribution is -2.26. The van der Waals surface area contributed by atoms with Crippen molar-refractivity contribution in [2.24, 2.45) is 0 Å². The van der Waals surface area contributed by atoms with E-state index in [4.69, 9.17) is 9.47 Å². The van der Waals surface area contributed by atoms with Crippen molar-refractivity contribution in [2.75, 3.05) is 0 Å². The molecule has 0 atom stereocenters. The summed E-state index contributed by atoms with van der Waals surface area (Å²) in [5, 5.41) is 0. The minimum Gasteiger partial charge on any atom is -0.484 e. The molecule has 0 aliphatic heterocycles. The van der Waals surface area contributed by atoms with Crippen LogP contribution < -0.4 is 4.74 Å². The fraction of sp³-hybridized carbons (Fsp3) is 0.233. The predicted molar refractivity (Wildman–Crippen MR) is 138 cm³/mol. The predicted octanol–water partition coefficient (Wildman–Crippen LogP) is 7.21. The summed E-state index contributed by atoms with van der Waals surface area (Å²) < 4.78 is 39.5. The molecule has 37 heavy (non-hydrogen) atoms. The number of alkyl halides is 2. The number of aromatic nitrogens is 2. The fourth-order valence-electron chi connectivity index (χ4n) is 3.71. The van der Waals surface area contributed by atoms with Gasteiger partial charge in [-0.25, -0.2) is 23.5 Å². The molecule has 0 aliphatic carbocycles. The van der Waals surface area contributed by atoms with Gasteiger partial charge in [0.1, 0.15) is 18.0 Å². The molecule has 4 aromatic rings. The molecule has 0 bridgehead atoms. The van der Waals surface area contributed by atoms with E-state index in [1.165, 1.54) is 0 Å². The Kier molecular flexibility index (Phi) is 7.92. The van der Waals surface area contributed by atoms with Crippen molar-refractivity contribution < 1.29 is 23.0 Å². The van der Waals surface area contributed by atoms with Crippen LogP contribution in [-0.4, -0.2) is 21.5 Å². The van der Waals surface area contributed by atoms with Gasteiger partial charge in [0.05, 0.1) is 0 Å². The highest BCUT2D eigenvalue weighted by Gasteiger charge is 2.30. The van der Waals surface area contributed by atoms with Crippen molar-refractivity contribution in [3.63, 3.8) is 0 Å². The van der Waals surface area contributed by atoms with Crippen LogP contribution in [-0.2, 0) is 17.8 Å². The number of benzene rings is 3. The lowest BCUT2D eigenvalue weighted by Gasteiger charge is -2.21. The molecular weight excluding hydrogens is 474 g/mol. The van der Waals surface area contributed by atoms with Gasteiger partial charge in [-0.2, -0.15) is 0 Å². The fourth-order valence-corrected chi connectivity index (χ4v) is 3.71. The molecule has 0 amide bonds. The molecule has 3 aromatic carbocycles. The average Bonchev–Trinajstić information content (AvgIpc) is 2.88. The number of hydrogen-bond donors (Lipinski definition) is 0. The van der Waals surface area contributed by atoms with E-state index in [0.717, 1.165) is 22.3 Å². The number of ether oxygens (including phenoxy) is 2. The van der Waals surface area contributed by atoms with Gasteiger partial charge in [0.2, 0.25) is 0 Å². The Morgan fingerprint density at radius 3 is 2.00 bits per heavy atom. The molecule has 1 aromatic heterocycles. The Hall–Kier alpha value is -4.13. The summed E-state index contributed by atoms with van der Waals surface area (Å²) in [6.45, 7) is 5.06. The molecule has 0 aliphatic rings. The van der Waals surface area contributed by atoms with E-state index in [0.29, 0.717) is 0 Å². The van der Waals surface area contributed by atoms with Crippen LogP contribution in [0.1, 0.15) is 60.3 Å². The summed E-state index contributed by atoms with van der Waals surface area (Å²) in [6, 6.07) is 26.6. The average molecular weight is 503 g/mol. The second-order valence-electron chi connectivity index (χ2n) is 9.52. The molecular formula is C30H28F2N2O3. The summed E-state index contributed by atoms with van der Waals surface area (Å²) in [7, 11) is 0. The maximum atomic E-state index is 14.2. The molecule has 7 heteroatoms. The van der Waals surface area contributed by atoms with Crippen LogP contribution in [0, 0.1) is 0 Å². The normalized spacial score (nSPS) is 11.4. The summed E-state index contributed by atoms with van der Waals surface area (Å²) in [5.41, 5.74) is 1.86. The van der Waals surface area contributed by atoms with Crippen LogP contribution in [0.25, 0.3) is 11.1 Å². The van der Waals surface area contributed by atoms with Gasteiger partial charge in [0.25, 0.3) is 6.43 Å². The van der Waals surface area contributed by atoms with Crippen molar-refractivity contribution in [1.29, 1.82) is 0 Å². The largest absolute Gasteiger partial charge is 0.484 e. The van der Waals surface area contributed by atoms with Gasteiger partial charge in [-0.15, -0.1) is 0 Å². The third kappa shape index (κ3) is 6.97. The van der Waals surface area contributed by atoms with Crippen LogP contribution in [0.15, 0.2) is 84.9 Å².